The Labute approximate surface area is 176 Å². The van der Waals surface area contributed by atoms with Crippen molar-refractivity contribution < 1.29 is 10.2 Å². The lowest BCUT2D eigenvalue weighted by Gasteiger charge is -2.33. The molecule has 5 nitrogen and oxygen atoms in total. The Morgan fingerprint density at radius 2 is 1.73 bits per heavy atom. The van der Waals surface area contributed by atoms with Gasteiger partial charge in [-0.15, -0.1) is 0 Å². The smallest absolute Gasteiger partial charge is 0.116 e. The fraction of sp³-hybridized carbons (Fsp3) is 0.280. The topological polar surface area (TPSA) is 64.4 Å². The van der Waals surface area contributed by atoms with E-state index in [4.69, 9.17) is 0 Å². The Kier molecular flexibility index (Phi) is 4.97. The lowest BCUT2D eigenvalue weighted by atomic mass is 9.98. The molecule has 5 heteroatoms. The number of aromatic amines is 1. The van der Waals surface area contributed by atoms with Crippen molar-refractivity contribution >= 4 is 10.9 Å². The predicted molar refractivity (Wildman–Crippen MR) is 120 cm³/mol. The van der Waals surface area contributed by atoms with Crippen LogP contribution in [0.25, 0.3) is 22.0 Å². The normalized spacial score (nSPS) is 15.7. The van der Waals surface area contributed by atoms with Crippen LogP contribution in [0.3, 0.4) is 0 Å². The molecule has 154 valence electrons. The van der Waals surface area contributed by atoms with E-state index in [-0.39, 0.29) is 0 Å². The molecular weight excluding hydrogens is 374 g/mol. The van der Waals surface area contributed by atoms with E-state index in [9.17, 15) is 10.2 Å². The van der Waals surface area contributed by atoms with Crippen molar-refractivity contribution in [2.24, 2.45) is 0 Å². The van der Waals surface area contributed by atoms with Crippen LogP contribution in [0, 0.1) is 0 Å². The molecule has 3 heterocycles. The minimum atomic E-state index is 0.308. The summed E-state index contributed by atoms with van der Waals surface area (Å²) in [6, 6.07) is 16.0. The van der Waals surface area contributed by atoms with Crippen molar-refractivity contribution in [1.82, 2.24) is 14.5 Å². The Bertz CT molecular complexity index is 1140. The zero-order valence-corrected chi connectivity index (χ0v) is 17.0. The molecule has 0 unspecified atom stereocenters. The first-order chi connectivity index (χ1) is 14.7. The van der Waals surface area contributed by atoms with Crippen LogP contribution in [0.15, 0.2) is 67.1 Å². The average molecular weight is 402 g/mol. The third-order valence-corrected chi connectivity index (χ3v) is 6.35. The minimum absolute atomic E-state index is 0.308. The predicted octanol–water partition coefficient (Wildman–Crippen LogP) is 4.93. The van der Waals surface area contributed by atoms with Gasteiger partial charge in [0.25, 0.3) is 0 Å². The van der Waals surface area contributed by atoms with Crippen molar-refractivity contribution in [2.75, 3.05) is 19.6 Å². The molecule has 0 amide bonds. The average Bonchev–Trinajstić information content (AvgIpc) is 3.43. The summed E-state index contributed by atoms with van der Waals surface area (Å²) in [5.41, 5.74) is 4.69. The Morgan fingerprint density at radius 3 is 2.53 bits per heavy atom. The van der Waals surface area contributed by atoms with E-state index in [2.05, 4.69) is 26.7 Å². The van der Waals surface area contributed by atoms with Gasteiger partial charge in [-0.05, 0) is 78.4 Å². The molecular formula is C25H27N3O2. The van der Waals surface area contributed by atoms with Gasteiger partial charge in [-0.25, -0.2) is 0 Å². The molecule has 2 aromatic carbocycles. The Balaban J connectivity index is 1.23. The van der Waals surface area contributed by atoms with Crippen LogP contribution >= 0.6 is 0 Å². The molecule has 1 aliphatic rings. The van der Waals surface area contributed by atoms with Crippen LogP contribution in [0.2, 0.25) is 0 Å². The number of rotatable bonds is 5. The molecule has 0 aliphatic carbocycles. The zero-order valence-electron chi connectivity index (χ0n) is 17.0. The molecule has 4 aromatic rings. The van der Waals surface area contributed by atoms with Gasteiger partial charge in [-0.2, -0.15) is 0 Å². The minimum Gasteiger partial charge on any atom is -0.508 e. The molecule has 0 radical (unpaired) electrons. The summed E-state index contributed by atoms with van der Waals surface area (Å²) in [5.74, 6) is 0.631. The Morgan fingerprint density at radius 1 is 0.933 bits per heavy atom. The lowest BCUT2D eigenvalue weighted by Crippen LogP contribution is -2.35. The van der Waals surface area contributed by atoms with E-state index in [0.717, 1.165) is 55.4 Å². The van der Waals surface area contributed by atoms with Crippen LogP contribution in [-0.2, 0) is 6.42 Å². The number of benzene rings is 2. The van der Waals surface area contributed by atoms with Crippen LogP contribution in [0.4, 0.5) is 0 Å². The number of nitrogens with zero attached hydrogens (tertiary/aromatic N) is 2. The molecule has 1 fully saturated rings. The van der Waals surface area contributed by atoms with E-state index < -0.39 is 0 Å². The summed E-state index contributed by atoms with van der Waals surface area (Å²) in [5, 5.41) is 20.7. The molecule has 1 saturated heterocycles. The van der Waals surface area contributed by atoms with Crippen molar-refractivity contribution in [3.8, 4) is 22.6 Å². The maximum absolute atomic E-state index is 9.93. The highest BCUT2D eigenvalue weighted by Crippen LogP contribution is 2.31. The fourth-order valence-corrected chi connectivity index (χ4v) is 4.71. The van der Waals surface area contributed by atoms with Gasteiger partial charge in [-0.3, -0.25) is 0 Å². The van der Waals surface area contributed by atoms with Crippen LogP contribution < -0.4 is 0 Å². The van der Waals surface area contributed by atoms with Crippen LogP contribution in [0.1, 0.15) is 24.4 Å². The molecule has 0 saturated carbocycles. The van der Waals surface area contributed by atoms with Crippen molar-refractivity contribution in [3.63, 3.8) is 0 Å². The highest BCUT2D eigenvalue weighted by atomic mass is 16.3. The van der Waals surface area contributed by atoms with Gasteiger partial charge >= 0.3 is 0 Å². The SMILES string of the molecule is Oc1ccc(CCN2CCC(n3ccc4cc(O)ccc43)CC2)c(-c2cc[nH]c2)c1. The van der Waals surface area contributed by atoms with Crippen molar-refractivity contribution in [2.45, 2.75) is 25.3 Å². The highest BCUT2D eigenvalue weighted by Gasteiger charge is 2.21. The lowest BCUT2D eigenvalue weighted by molar-refractivity contribution is 0.190. The van der Waals surface area contributed by atoms with Gasteiger partial charge in [0, 0.05) is 55.2 Å². The number of hydrogen-bond acceptors (Lipinski definition) is 3. The molecule has 30 heavy (non-hydrogen) atoms. The number of aromatic hydroxyl groups is 2. The van der Waals surface area contributed by atoms with Gasteiger partial charge in [0.2, 0.25) is 0 Å². The second-order valence-electron chi connectivity index (χ2n) is 8.23. The van der Waals surface area contributed by atoms with E-state index in [1.54, 1.807) is 12.1 Å². The standard InChI is InChI=1S/C25H27N3O2/c29-22-3-4-25-19(15-22)7-14-28(25)21-8-12-27(13-9-21)11-6-18-1-2-23(30)16-24(18)20-5-10-26-17-20/h1-5,7,10,14-17,21,26,29-30H,6,8-9,11-13H2. The van der Waals surface area contributed by atoms with Crippen molar-refractivity contribution in [1.29, 1.82) is 0 Å². The number of nitrogens with one attached hydrogen (secondary N) is 1. The summed E-state index contributed by atoms with van der Waals surface area (Å²) in [4.78, 5) is 5.65. The summed E-state index contributed by atoms with van der Waals surface area (Å²) < 4.78 is 2.37. The molecule has 2 aromatic heterocycles. The molecule has 0 atom stereocenters. The van der Waals surface area contributed by atoms with Crippen LogP contribution in [0.5, 0.6) is 11.5 Å². The number of phenols is 2. The molecule has 0 bridgehead atoms. The first-order valence-electron chi connectivity index (χ1n) is 10.6. The Hall–Kier alpha value is -3.18. The number of phenolic OH excluding ortho intramolecular Hbond substituents is 2. The van der Waals surface area contributed by atoms with Gasteiger partial charge in [0.05, 0.1) is 0 Å². The number of fused-ring (bicyclic) bond motifs is 1. The number of piperidine rings is 1. The van der Waals surface area contributed by atoms with E-state index in [1.807, 2.05) is 42.7 Å². The van der Waals surface area contributed by atoms with Gasteiger partial charge in [0.1, 0.15) is 11.5 Å². The number of aromatic nitrogens is 2. The highest BCUT2D eigenvalue weighted by molar-refractivity contribution is 5.81. The quantitative estimate of drug-likeness (QED) is 0.444. The summed E-state index contributed by atoms with van der Waals surface area (Å²) in [7, 11) is 0. The summed E-state index contributed by atoms with van der Waals surface area (Å²) in [6.07, 6.45) is 9.28. The van der Waals surface area contributed by atoms with Crippen molar-refractivity contribution in [3.05, 3.63) is 72.7 Å². The van der Waals surface area contributed by atoms with Gasteiger partial charge < -0.3 is 24.7 Å². The van der Waals surface area contributed by atoms with Crippen LogP contribution in [-0.4, -0.2) is 44.3 Å². The fourth-order valence-electron chi connectivity index (χ4n) is 4.71. The monoisotopic (exact) mass is 401 g/mol. The first-order valence-corrected chi connectivity index (χ1v) is 10.6. The number of likely N-dealkylation sites (tertiary alicyclic amines) is 1. The second-order valence-corrected chi connectivity index (χ2v) is 8.23. The maximum atomic E-state index is 9.93. The molecule has 3 N–H and O–H groups in total. The van der Waals surface area contributed by atoms with Gasteiger partial charge in [0.15, 0.2) is 0 Å². The van der Waals surface area contributed by atoms with E-state index in [1.165, 1.54) is 11.1 Å². The number of hydrogen-bond donors (Lipinski definition) is 3. The molecule has 1 aliphatic heterocycles. The third kappa shape index (κ3) is 3.68. The van der Waals surface area contributed by atoms with E-state index in [0.29, 0.717) is 17.5 Å². The zero-order chi connectivity index (χ0) is 20.5. The summed E-state index contributed by atoms with van der Waals surface area (Å²) >= 11 is 0. The third-order valence-electron chi connectivity index (χ3n) is 6.35. The molecule has 5 rings (SSSR count). The summed E-state index contributed by atoms with van der Waals surface area (Å²) in [6.45, 7) is 3.19. The second kappa shape index (κ2) is 7.92. The molecule has 0 spiro atoms. The first kappa shape index (κ1) is 18.8. The van der Waals surface area contributed by atoms with Gasteiger partial charge in [-0.1, -0.05) is 6.07 Å². The largest absolute Gasteiger partial charge is 0.508 e. The maximum Gasteiger partial charge on any atom is 0.116 e. The van der Waals surface area contributed by atoms with E-state index >= 15 is 0 Å². The number of H-pyrrole nitrogens is 1.